The molecular weight excluding hydrogens is 440 g/mol. The summed E-state index contributed by atoms with van der Waals surface area (Å²) in [6.07, 6.45) is 6.43. The van der Waals surface area contributed by atoms with E-state index in [1.54, 1.807) is 4.90 Å². The topological polar surface area (TPSA) is 119 Å². The SMILES string of the molecule is C=C(N)C(=O)C(CC1CCC1=C)NC(=O)[C@@H]1C[C@]2(CN1C(=O)[C@H](N)C(C)(C)C)C(C)(C)C21CCC1. The Morgan fingerprint density at radius 2 is 1.83 bits per heavy atom. The quantitative estimate of drug-likeness (QED) is 0.379. The van der Waals surface area contributed by atoms with Crippen molar-refractivity contribution >= 4 is 17.6 Å². The van der Waals surface area contributed by atoms with Gasteiger partial charge in [0.1, 0.15) is 6.04 Å². The summed E-state index contributed by atoms with van der Waals surface area (Å²) in [4.78, 5) is 42.0. The maximum atomic E-state index is 13.8. The minimum absolute atomic E-state index is 0.0576. The molecule has 3 saturated carbocycles. The lowest BCUT2D eigenvalue weighted by atomic mass is 9.73. The highest BCUT2D eigenvalue weighted by atomic mass is 16.2. The van der Waals surface area contributed by atoms with Crippen LogP contribution in [0.1, 0.15) is 79.6 Å². The lowest BCUT2D eigenvalue weighted by molar-refractivity contribution is -0.141. The summed E-state index contributed by atoms with van der Waals surface area (Å²) >= 11 is 0. The molecule has 194 valence electrons. The molecule has 4 fully saturated rings. The second-order valence-electron chi connectivity index (χ2n) is 13.3. The van der Waals surface area contributed by atoms with Gasteiger partial charge in [-0.2, -0.15) is 0 Å². The van der Waals surface area contributed by atoms with Crippen LogP contribution in [-0.2, 0) is 14.4 Å². The van der Waals surface area contributed by atoms with Crippen LogP contribution in [-0.4, -0.2) is 47.2 Å². The van der Waals surface area contributed by atoms with E-state index < -0.39 is 23.5 Å². The van der Waals surface area contributed by atoms with Crippen molar-refractivity contribution in [2.24, 2.45) is 39.0 Å². The molecule has 0 aromatic rings. The molecule has 4 rings (SSSR count). The number of hydrogen-bond acceptors (Lipinski definition) is 5. The second-order valence-corrected chi connectivity index (χ2v) is 13.3. The fourth-order valence-corrected chi connectivity index (χ4v) is 7.46. The number of carbonyl (C=O) groups is 3. The smallest absolute Gasteiger partial charge is 0.243 e. The first kappa shape index (κ1) is 25.9. The number of amides is 2. The Balaban J connectivity index is 1.60. The van der Waals surface area contributed by atoms with Gasteiger partial charge in [0.15, 0.2) is 5.78 Å². The van der Waals surface area contributed by atoms with E-state index in [0.717, 1.165) is 31.3 Å². The lowest BCUT2D eigenvalue weighted by Gasteiger charge is -2.34. The largest absolute Gasteiger partial charge is 0.396 e. The molecule has 1 aliphatic heterocycles. The molecule has 0 radical (unpaired) electrons. The van der Waals surface area contributed by atoms with Crippen LogP contribution in [0.4, 0.5) is 0 Å². The summed E-state index contributed by atoms with van der Waals surface area (Å²) in [5.74, 6) is -0.661. The van der Waals surface area contributed by atoms with Crippen LogP contribution >= 0.6 is 0 Å². The molecule has 2 spiro atoms. The Hall–Kier alpha value is -2.15. The first-order chi connectivity index (χ1) is 16.1. The zero-order valence-corrected chi connectivity index (χ0v) is 22.2. The maximum Gasteiger partial charge on any atom is 0.243 e. The number of nitrogens with two attached hydrogens (primary N) is 2. The van der Waals surface area contributed by atoms with Crippen molar-refractivity contribution in [3.63, 3.8) is 0 Å². The Kier molecular flexibility index (Phi) is 6.06. The molecule has 0 aromatic carbocycles. The number of Topliss-reactive ketones (excluding diaryl/α,β-unsaturated/α-hetero) is 1. The monoisotopic (exact) mass is 484 g/mol. The number of nitrogens with one attached hydrogen (secondary N) is 1. The third-order valence-electron chi connectivity index (χ3n) is 10.5. The molecule has 7 nitrogen and oxygen atoms in total. The molecule has 5 atom stereocenters. The van der Waals surface area contributed by atoms with Crippen LogP contribution in [0, 0.1) is 27.6 Å². The molecular formula is C28H44N4O3. The van der Waals surface area contributed by atoms with E-state index in [1.807, 2.05) is 20.8 Å². The summed E-state index contributed by atoms with van der Waals surface area (Å²) in [5, 5.41) is 2.97. The van der Waals surface area contributed by atoms with Gasteiger partial charge < -0.3 is 21.7 Å². The normalized spacial score (nSPS) is 31.9. The van der Waals surface area contributed by atoms with Crippen molar-refractivity contribution in [2.75, 3.05) is 6.54 Å². The molecule has 1 heterocycles. The summed E-state index contributed by atoms with van der Waals surface area (Å²) in [7, 11) is 0. The Morgan fingerprint density at radius 3 is 2.23 bits per heavy atom. The van der Waals surface area contributed by atoms with Gasteiger partial charge in [-0.1, -0.05) is 59.8 Å². The van der Waals surface area contributed by atoms with Gasteiger partial charge in [-0.05, 0) is 60.7 Å². The van der Waals surface area contributed by atoms with E-state index in [2.05, 4.69) is 32.3 Å². The highest BCUT2D eigenvalue weighted by molar-refractivity contribution is 6.01. The van der Waals surface area contributed by atoms with Crippen LogP contribution < -0.4 is 16.8 Å². The summed E-state index contributed by atoms with van der Waals surface area (Å²) in [5.41, 5.74) is 12.9. The minimum Gasteiger partial charge on any atom is -0.396 e. The maximum absolute atomic E-state index is 13.8. The van der Waals surface area contributed by atoms with Crippen molar-refractivity contribution in [2.45, 2.75) is 97.7 Å². The van der Waals surface area contributed by atoms with Crippen molar-refractivity contribution in [1.29, 1.82) is 0 Å². The number of rotatable bonds is 7. The molecule has 4 aliphatic rings. The molecule has 2 unspecified atom stereocenters. The molecule has 0 aromatic heterocycles. The average molecular weight is 485 g/mol. The first-order valence-electron chi connectivity index (χ1n) is 13.1. The fraction of sp³-hybridized carbons (Fsp3) is 0.750. The van der Waals surface area contributed by atoms with Gasteiger partial charge in [0.2, 0.25) is 11.8 Å². The third-order valence-corrected chi connectivity index (χ3v) is 10.5. The predicted octanol–water partition coefficient (Wildman–Crippen LogP) is 3.04. The van der Waals surface area contributed by atoms with Crippen LogP contribution in [0.5, 0.6) is 0 Å². The summed E-state index contributed by atoms with van der Waals surface area (Å²) in [6, 6.07) is -2.13. The van der Waals surface area contributed by atoms with Crippen molar-refractivity contribution in [3.05, 3.63) is 24.4 Å². The van der Waals surface area contributed by atoms with E-state index in [1.165, 1.54) is 6.42 Å². The number of allylic oxidation sites excluding steroid dienone is 1. The summed E-state index contributed by atoms with van der Waals surface area (Å²) in [6.45, 7) is 18.6. The van der Waals surface area contributed by atoms with Gasteiger partial charge in [0.05, 0.1) is 17.8 Å². The zero-order chi connectivity index (χ0) is 26.1. The Morgan fingerprint density at radius 1 is 1.20 bits per heavy atom. The van der Waals surface area contributed by atoms with Gasteiger partial charge in [-0.3, -0.25) is 14.4 Å². The lowest BCUT2D eigenvalue weighted by Crippen LogP contribution is -2.56. The highest BCUT2D eigenvalue weighted by Gasteiger charge is 2.85. The predicted molar refractivity (Wildman–Crippen MR) is 137 cm³/mol. The zero-order valence-electron chi connectivity index (χ0n) is 22.2. The minimum atomic E-state index is -0.767. The van der Waals surface area contributed by atoms with Gasteiger partial charge in [0, 0.05) is 12.0 Å². The number of likely N-dealkylation sites (tertiary alicyclic amines) is 1. The van der Waals surface area contributed by atoms with E-state index in [9.17, 15) is 14.4 Å². The van der Waals surface area contributed by atoms with E-state index in [0.29, 0.717) is 19.4 Å². The Bertz CT molecular complexity index is 973. The third kappa shape index (κ3) is 3.68. The van der Waals surface area contributed by atoms with Crippen LogP contribution in [0.2, 0.25) is 0 Å². The van der Waals surface area contributed by atoms with Crippen molar-refractivity contribution in [3.8, 4) is 0 Å². The molecule has 1 saturated heterocycles. The van der Waals surface area contributed by atoms with Crippen molar-refractivity contribution in [1.82, 2.24) is 10.2 Å². The highest BCUT2D eigenvalue weighted by Crippen LogP contribution is 2.88. The summed E-state index contributed by atoms with van der Waals surface area (Å²) < 4.78 is 0. The molecule has 2 amide bonds. The van der Waals surface area contributed by atoms with Crippen LogP contribution in [0.3, 0.4) is 0 Å². The number of ketones is 1. The second kappa shape index (κ2) is 8.19. The number of carbonyl (C=O) groups excluding carboxylic acids is 3. The van der Waals surface area contributed by atoms with Gasteiger partial charge in [0.25, 0.3) is 0 Å². The Labute approximate surface area is 210 Å². The number of fused-ring (bicyclic) bond motifs is 1. The fourth-order valence-electron chi connectivity index (χ4n) is 7.46. The average Bonchev–Trinajstić information content (AvgIpc) is 2.99. The molecule has 3 aliphatic carbocycles. The number of hydrogen-bond donors (Lipinski definition) is 3. The van der Waals surface area contributed by atoms with Crippen LogP contribution in [0.25, 0.3) is 0 Å². The van der Waals surface area contributed by atoms with Gasteiger partial charge in [-0.25, -0.2) is 0 Å². The molecule has 5 N–H and O–H groups in total. The van der Waals surface area contributed by atoms with Crippen LogP contribution in [0.15, 0.2) is 24.4 Å². The number of nitrogens with zero attached hydrogens (tertiary/aromatic N) is 1. The van der Waals surface area contributed by atoms with Crippen molar-refractivity contribution < 1.29 is 14.4 Å². The molecule has 35 heavy (non-hydrogen) atoms. The molecule has 7 heteroatoms. The van der Waals surface area contributed by atoms with Gasteiger partial charge in [-0.15, -0.1) is 0 Å². The van der Waals surface area contributed by atoms with E-state index >= 15 is 0 Å². The van der Waals surface area contributed by atoms with E-state index in [-0.39, 0.29) is 45.5 Å². The van der Waals surface area contributed by atoms with E-state index in [4.69, 9.17) is 11.5 Å². The van der Waals surface area contributed by atoms with Gasteiger partial charge >= 0.3 is 0 Å². The molecule has 0 bridgehead atoms. The first-order valence-corrected chi connectivity index (χ1v) is 13.1. The standard InChI is InChI=1S/C28H44N4O3/c1-16-9-10-18(16)13-19(21(33)17(2)29)31-23(34)20-14-28(26(6,7)27(28)11-8-12-27)15-32(20)24(35)22(30)25(3,4)5/h18-20,22H,1-2,8-15,29-30H2,3-7H3,(H,31,34)/t18?,19?,20-,22-,28-/m0/s1.